The summed E-state index contributed by atoms with van der Waals surface area (Å²) in [7, 11) is 0. The minimum Gasteiger partial charge on any atom is -0.481 e. The lowest BCUT2D eigenvalue weighted by Crippen LogP contribution is -2.42. The molecular weight excluding hydrogens is 178 g/mol. The zero-order chi connectivity index (χ0) is 10.6. The maximum Gasteiger partial charge on any atom is 0.306 e. The number of carboxylic acids is 1. The number of nitrogens with zero attached hydrogens (tertiary/aromatic N) is 1. The molecule has 0 unspecified atom stereocenters. The highest BCUT2D eigenvalue weighted by Crippen LogP contribution is 2.21. The maximum absolute atomic E-state index is 10.8. The molecule has 0 spiro atoms. The van der Waals surface area contributed by atoms with Crippen molar-refractivity contribution in [3.63, 3.8) is 0 Å². The van der Waals surface area contributed by atoms with Crippen LogP contribution in [0.2, 0.25) is 0 Å². The van der Waals surface area contributed by atoms with Crippen molar-refractivity contribution in [1.29, 1.82) is 0 Å². The second-order valence-electron chi connectivity index (χ2n) is 4.12. The van der Waals surface area contributed by atoms with Gasteiger partial charge >= 0.3 is 5.97 Å². The summed E-state index contributed by atoms with van der Waals surface area (Å²) in [4.78, 5) is 13.2. The van der Waals surface area contributed by atoms with Gasteiger partial charge in [-0.1, -0.05) is 13.8 Å². The van der Waals surface area contributed by atoms with Crippen LogP contribution in [0.4, 0.5) is 0 Å². The summed E-state index contributed by atoms with van der Waals surface area (Å²) >= 11 is 0. The zero-order valence-electron chi connectivity index (χ0n) is 9.20. The van der Waals surface area contributed by atoms with E-state index >= 15 is 0 Å². The minimum absolute atomic E-state index is 0.0967. The van der Waals surface area contributed by atoms with E-state index in [0.717, 1.165) is 25.9 Å². The van der Waals surface area contributed by atoms with Crippen molar-refractivity contribution in [2.45, 2.75) is 45.6 Å². The van der Waals surface area contributed by atoms with Gasteiger partial charge in [-0.15, -0.1) is 0 Å². The van der Waals surface area contributed by atoms with E-state index in [4.69, 9.17) is 5.11 Å². The Balaban J connectivity index is 2.38. The summed E-state index contributed by atoms with van der Waals surface area (Å²) in [6.45, 7) is 6.33. The fraction of sp³-hybridized carbons (Fsp3) is 0.909. The molecule has 14 heavy (non-hydrogen) atoms. The van der Waals surface area contributed by atoms with E-state index in [1.165, 1.54) is 12.8 Å². The highest BCUT2D eigenvalue weighted by atomic mass is 16.4. The molecule has 1 saturated heterocycles. The monoisotopic (exact) mass is 199 g/mol. The van der Waals surface area contributed by atoms with Crippen molar-refractivity contribution in [2.24, 2.45) is 5.92 Å². The molecule has 1 aliphatic rings. The number of hydrogen-bond donors (Lipinski definition) is 1. The lowest BCUT2D eigenvalue weighted by atomic mass is 9.95. The van der Waals surface area contributed by atoms with E-state index in [1.807, 2.05) is 0 Å². The highest BCUT2D eigenvalue weighted by Gasteiger charge is 2.26. The first-order valence-corrected chi connectivity index (χ1v) is 5.65. The smallest absolute Gasteiger partial charge is 0.306 e. The molecule has 1 heterocycles. The predicted molar refractivity (Wildman–Crippen MR) is 56.3 cm³/mol. The van der Waals surface area contributed by atoms with Crippen LogP contribution in [0, 0.1) is 5.92 Å². The first kappa shape index (κ1) is 11.5. The molecular formula is C11H21NO2. The topological polar surface area (TPSA) is 40.5 Å². The molecule has 1 N–H and O–H groups in total. The van der Waals surface area contributed by atoms with E-state index in [1.54, 1.807) is 0 Å². The Bertz CT molecular complexity index is 182. The summed E-state index contributed by atoms with van der Waals surface area (Å²) in [6.07, 6.45) is 4.00. The molecule has 1 rings (SSSR count). The van der Waals surface area contributed by atoms with Crippen LogP contribution >= 0.6 is 0 Å². The summed E-state index contributed by atoms with van der Waals surface area (Å²) in [6, 6.07) is 0.657. The van der Waals surface area contributed by atoms with Gasteiger partial charge in [-0.2, -0.15) is 0 Å². The van der Waals surface area contributed by atoms with Crippen molar-refractivity contribution in [3.05, 3.63) is 0 Å². The number of piperidine rings is 1. The zero-order valence-corrected chi connectivity index (χ0v) is 9.20. The van der Waals surface area contributed by atoms with Crippen molar-refractivity contribution < 1.29 is 9.90 Å². The molecule has 0 bridgehead atoms. The number of aliphatic carboxylic acids is 1. The van der Waals surface area contributed by atoms with Crippen LogP contribution in [0.3, 0.4) is 0 Å². The van der Waals surface area contributed by atoms with Crippen LogP contribution in [0.5, 0.6) is 0 Å². The van der Waals surface area contributed by atoms with Gasteiger partial charge in [0.25, 0.3) is 0 Å². The molecule has 0 aromatic carbocycles. The second-order valence-corrected chi connectivity index (χ2v) is 4.12. The van der Waals surface area contributed by atoms with Crippen LogP contribution in [-0.4, -0.2) is 35.1 Å². The minimum atomic E-state index is -0.616. The standard InChI is InChI=1S/C11H21NO2/c1-3-10(4-2)12-7-5-9(6-8-12)11(13)14/h9-10H,3-8H2,1-2H3,(H,13,14). The van der Waals surface area contributed by atoms with Crippen molar-refractivity contribution in [2.75, 3.05) is 13.1 Å². The van der Waals surface area contributed by atoms with Crippen molar-refractivity contribution >= 4 is 5.97 Å². The molecule has 0 amide bonds. The SMILES string of the molecule is CCC(CC)N1CCC(C(=O)O)CC1. The fourth-order valence-electron chi connectivity index (χ4n) is 2.32. The third kappa shape index (κ3) is 2.71. The van der Waals surface area contributed by atoms with E-state index < -0.39 is 5.97 Å². The summed E-state index contributed by atoms with van der Waals surface area (Å²) in [5.41, 5.74) is 0. The second kappa shape index (κ2) is 5.35. The Morgan fingerprint density at radius 1 is 1.36 bits per heavy atom. The lowest BCUT2D eigenvalue weighted by molar-refractivity contribution is -0.143. The third-order valence-corrected chi connectivity index (χ3v) is 3.34. The first-order chi connectivity index (χ1) is 6.69. The molecule has 3 heteroatoms. The summed E-state index contributed by atoms with van der Waals surface area (Å²) < 4.78 is 0. The summed E-state index contributed by atoms with van der Waals surface area (Å²) in [5.74, 6) is -0.713. The first-order valence-electron chi connectivity index (χ1n) is 5.65. The molecule has 1 aliphatic heterocycles. The quantitative estimate of drug-likeness (QED) is 0.752. The molecule has 0 aliphatic carbocycles. The average Bonchev–Trinajstić information content (AvgIpc) is 2.20. The van der Waals surface area contributed by atoms with Crippen molar-refractivity contribution in [3.8, 4) is 0 Å². The fourth-order valence-corrected chi connectivity index (χ4v) is 2.32. The van der Waals surface area contributed by atoms with Gasteiger partial charge in [0.05, 0.1) is 5.92 Å². The third-order valence-electron chi connectivity index (χ3n) is 3.34. The van der Waals surface area contributed by atoms with Crippen LogP contribution in [0.25, 0.3) is 0 Å². The molecule has 1 fully saturated rings. The van der Waals surface area contributed by atoms with E-state index in [0.29, 0.717) is 6.04 Å². The number of carbonyl (C=O) groups is 1. The molecule has 0 aromatic rings. The molecule has 0 aromatic heterocycles. The normalized spacial score (nSPS) is 20.2. The van der Waals surface area contributed by atoms with Crippen LogP contribution in [0.15, 0.2) is 0 Å². The molecule has 82 valence electrons. The van der Waals surface area contributed by atoms with Gasteiger partial charge in [-0.3, -0.25) is 4.79 Å². The lowest BCUT2D eigenvalue weighted by Gasteiger charge is -2.35. The number of likely N-dealkylation sites (tertiary alicyclic amines) is 1. The van der Waals surface area contributed by atoms with Gasteiger partial charge in [0.15, 0.2) is 0 Å². The summed E-state index contributed by atoms with van der Waals surface area (Å²) in [5, 5.41) is 8.86. The highest BCUT2D eigenvalue weighted by molar-refractivity contribution is 5.70. The Kier molecular flexibility index (Phi) is 4.39. The largest absolute Gasteiger partial charge is 0.481 e. The maximum atomic E-state index is 10.8. The van der Waals surface area contributed by atoms with Crippen LogP contribution in [-0.2, 0) is 4.79 Å². The Morgan fingerprint density at radius 3 is 2.21 bits per heavy atom. The number of hydrogen-bond acceptors (Lipinski definition) is 2. The van der Waals surface area contributed by atoms with Gasteiger partial charge < -0.3 is 10.0 Å². The number of carboxylic acid groups (broad SMARTS) is 1. The Labute approximate surface area is 86.1 Å². The Hall–Kier alpha value is -0.570. The van der Waals surface area contributed by atoms with Gasteiger partial charge in [-0.25, -0.2) is 0 Å². The Morgan fingerprint density at radius 2 is 1.86 bits per heavy atom. The van der Waals surface area contributed by atoms with Gasteiger partial charge in [-0.05, 0) is 38.8 Å². The predicted octanol–water partition coefficient (Wildman–Crippen LogP) is 1.97. The van der Waals surface area contributed by atoms with Crippen LogP contribution < -0.4 is 0 Å². The van der Waals surface area contributed by atoms with Crippen molar-refractivity contribution in [1.82, 2.24) is 4.90 Å². The molecule has 0 saturated carbocycles. The molecule has 3 nitrogen and oxygen atoms in total. The van der Waals surface area contributed by atoms with Gasteiger partial charge in [0.1, 0.15) is 0 Å². The molecule has 0 atom stereocenters. The molecule has 0 radical (unpaired) electrons. The van der Waals surface area contributed by atoms with Crippen LogP contribution in [0.1, 0.15) is 39.5 Å². The van der Waals surface area contributed by atoms with E-state index in [9.17, 15) is 4.79 Å². The average molecular weight is 199 g/mol. The van der Waals surface area contributed by atoms with Gasteiger partial charge in [0, 0.05) is 6.04 Å². The van der Waals surface area contributed by atoms with E-state index in [2.05, 4.69) is 18.7 Å². The van der Waals surface area contributed by atoms with Gasteiger partial charge in [0.2, 0.25) is 0 Å². The number of rotatable bonds is 4. The van der Waals surface area contributed by atoms with E-state index in [-0.39, 0.29) is 5.92 Å².